The second-order valence-corrected chi connectivity index (χ2v) is 4.35. The number of aromatic nitrogens is 2. The average Bonchev–Trinajstić information content (AvgIpc) is 2.69. The molecule has 1 N–H and O–H groups in total. The minimum Gasteiger partial charge on any atom is -0.396 e. The molecule has 0 aliphatic carbocycles. The molecule has 0 fully saturated rings. The fourth-order valence-corrected chi connectivity index (χ4v) is 1.94. The number of aliphatic hydroxyl groups is 1. The van der Waals surface area contributed by atoms with E-state index in [1.54, 1.807) is 0 Å². The summed E-state index contributed by atoms with van der Waals surface area (Å²) in [5, 5.41) is 13.2. The van der Waals surface area contributed by atoms with Gasteiger partial charge in [-0.25, -0.2) is 4.68 Å². The van der Waals surface area contributed by atoms with Crippen molar-refractivity contribution in [1.82, 2.24) is 9.78 Å². The Hall–Kier alpha value is -1.87. The Balaban J connectivity index is 2.29. The number of aliphatic hydroxyl groups excluding tert-OH is 1. The Bertz CT molecular complexity index is 555. The van der Waals surface area contributed by atoms with Gasteiger partial charge in [0.2, 0.25) is 0 Å². The summed E-state index contributed by atoms with van der Waals surface area (Å²) in [5.74, 6) is 0. The average molecular weight is 242 g/mol. The molecule has 2 rings (SSSR count). The Kier molecular flexibility index (Phi) is 3.95. The molecule has 0 spiro atoms. The van der Waals surface area contributed by atoms with Crippen LogP contribution in [0.5, 0.6) is 0 Å². The summed E-state index contributed by atoms with van der Waals surface area (Å²) in [7, 11) is 0. The standard InChI is InChI=1S/C15H18N2O/c1-12-10-13(2)17(16-12)15-8-5-7-14(11-15)6-3-4-9-18/h3,5-8,10-11,18H,4,9H2,1-2H3. The van der Waals surface area contributed by atoms with Crippen molar-refractivity contribution in [2.45, 2.75) is 20.3 Å². The Morgan fingerprint density at radius 1 is 1.28 bits per heavy atom. The third-order valence-corrected chi connectivity index (χ3v) is 2.73. The smallest absolute Gasteiger partial charge is 0.0654 e. The van der Waals surface area contributed by atoms with Crippen molar-refractivity contribution < 1.29 is 5.11 Å². The number of hydrogen-bond donors (Lipinski definition) is 1. The highest BCUT2D eigenvalue weighted by molar-refractivity contribution is 5.53. The van der Waals surface area contributed by atoms with Gasteiger partial charge in [0.25, 0.3) is 0 Å². The summed E-state index contributed by atoms with van der Waals surface area (Å²) in [4.78, 5) is 0. The van der Waals surface area contributed by atoms with Gasteiger partial charge in [-0.3, -0.25) is 0 Å². The van der Waals surface area contributed by atoms with Gasteiger partial charge in [-0.05, 0) is 44.0 Å². The highest BCUT2D eigenvalue weighted by Gasteiger charge is 2.03. The lowest BCUT2D eigenvalue weighted by atomic mass is 10.2. The second kappa shape index (κ2) is 5.65. The first kappa shape index (κ1) is 12.6. The van der Waals surface area contributed by atoms with E-state index < -0.39 is 0 Å². The molecule has 0 atom stereocenters. The highest BCUT2D eigenvalue weighted by atomic mass is 16.2. The monoisotopic (exact) mass is 242 g/mol. The van der Waals surface area contributed by atoms with Crippen molar-refractivity contribution in [3.05, 3.63) is 53.4 Å². The van der Waals surface area contributed by atoms with Crippen LogP contribution in [-0.4, -0.2) is 21.5 Å². The molecule has 3 heteroatoms. The van der Waals surface area contributed by atoms with E-state index in [9.17, 15) is 0 Å². The molecule has 0 saturated heterocycles. The largest absolute Gasteiger partial charge is 0.396 e. The van der Waals surface area contributed by atoms with Crippen LogP contribution in [0.3, 0.4) is 0 Å². The molecule has 18 heavy (non-hydrogen) atoms. The lowest BCUT2D eigenvalue weighted by Gasteiger charge is -2.05. The predicted octanol–water partition coefficient (Wildman–Crippen LogP) is 2.88. The van der Waals surface area contributed by atoms with Gasteiger partial charge in [-0.2, -0.15) is 5.10 Å². The van der Waals surface area contributed by atoms with Crippen LogP contribution in [0.25, 0.3) is 11.8 Å². The topological polar surface area (TPSA) is 38.0 Å². The molecular weight excluding hydrogens is 224 g/mol. The molecule has 3 nitrogen and oxygen atoms in total. The van der Waals surface area contributed by atoms with Crippen molar-refractivity contribution in [1.29, 1.82) is 0 Å². The molecule has 1 heterocycles. The summed E-state index contributed by atoms with van der Waals surface area (Å²) in [5.41, 5.74) is 4.33. The Labute approximate surface area is 107 Å². The van der Waals surface area contributed by atoms with E-state index in [-0.39, 0.29) is 6.61 Å². The summed E-state index contributed by atoms with van der Waals surface area (Å²) < 4.78 is 1.94. The molecule has 0 unspecified atom stereocenters. The summed E-state index contributed by atoms with van der Waals surface area (Å²) >= 11 is 0. The zero-order chi connectivity index (χ0) is 13.0. The zero-order valence-electron chi connectivity index (χ0n) is 10.8. The van der Waals surface area contributed by atoms with E-state index in [4.69, 9.17) is 5.11 Å². The van der Waals surface area contributed by atoms with Crippen LogP contribution in [0.15, 0.2) is 36.4 Å². The van der Waals surface area contributed by atoms with Crippen molar-refractivity contribution in [3.63, 3.8) is 0 Å². The Morgan fingerprint density at radius 2 is 2.11 bits per heavy atom. The number of aryl methyl sites for hydroxylation is 2. The van der Waals surface area contributed by atoms with Crippen LogP contribution in [0.2, 0.25) is 0 Å². The third-order valence-electron chi connectivity index (χ3n) is 2.73. The van der Waals surface area contributed by atoms with E-state index in [1.807, 2.05) is 48.9 Å². The lowest BCUT2D eigenvalue weighted by molar-refractivity contribution is 0.303. The lowest BCUT2D eigenvalue weighted by Crippen LogP contribution is -1.98. The van der Waals surface area contributed by atoms with Crippen LogP contribution in [0.1, 0.15) is 23.4 Å². The maximum absolute atomic E-state index is 8.75. The minimum atomic E-state index is 0.188. The molecule has 0 amide bonds. The van der Waals surface area contributed by atoms with Gasteiger partial charge in [0.1, 0.15) is 0 Å². The van der Waals surface area contributed by atoms with E-state index in [0.717, 1.165) is 22.6 Å². The quantitative estimate of drug-likeness (QED) is 0.895. The molecule has 1 aromatic carbocycles. The van der Waals surface area contributed by atoms with Crippen LogP contribution in [0, 0.1) is 13.8 Å². The van der Waals surface area contributed by atoms with Gasteiger partial charge in [0.05, 0.1) is 11.4 Å². The maximum Gasteiger partial charge on any atom is 0.0654 e. The first-order valence-corrected chi connectivity index (χ1v) is 6.12. The van der Waals surface area contributed by atoms with Crippen molar-refractivity contribution in [2.24, 2.45) is 0 Å². The molecule has 94 valence electrons. The second-order valence-electron chi connectivity index (χ2n) is 4.35. The van der Waals surface area contributed by atoms with Gasteiger partial charge in [0, 0.05) is 12.3 Å². The fraction of sp³-hybridized carbons (Fsp3) is 0.267. The molecular formula is C15H18N2O. The van der Waals surface area contributed by atoms with Gasteiger partial charge < -0.3 is 5.11 Å². The van der Waals surface area contributed by atoms with Gasteiger partial charge >= 0.3 is 0 Å². The molecule has 0 bridgehead atoms. The van der Waals surface area contributed by atoms with E-state index in [1.165, 1.54) is 0 Å². The number of hydrogen-bond acceptors (Lipinski definition) is 2. The third kappa shape index (κ3) is 2.87. The van der Waals surface area contributed by atoms with Gasteiger partial charge in [0.15, 0.2) is 0 Å². The maximum atomic E-state index is 8.75. The number of benzene rings is 1. The molecule has 0 aliphatic rings. The van der Waals surface area contributed by atoms with Crippen molar-refractivity contribution in [2.75, 3.05) is 6.61 Å². The van der Waals surface area contributed by atoms with Crippen LogP contribution >= 0.6 is 0 Å². The van der Waals surface area contributed by atoms with E-state index in [2.05, 4.69) is 17.2 Å². The minimum absolute atomic E-state index is 0.188. The highest BCUT2D eigenvalue weighted by Crippen LogP contribution is 2.14. The first-order valence-electron chi connectivity index (χ1n) is 6.12. The molecule has 0 saturated carbocycles. The normalized spacial score (nSPS) is 11.3. The summed E-state index contributed by atoms with van der Waals surface area (Å²) in [6, 6.07) is 10.3. The van der Waals surface area contributed by atoms with Crippen LogP contribution in [-0.2, 0) is 0 Å². The van der Waals surface area contributed by atoms with Crippen molar-refractivity contribution >= 4 is 6.08 Å². The van der Waals surface area contributed by atoms with Gasteiger partial charge in [-0.15, -0.1) is 0 Å². The fourth-order valence-electron chi connectivity index (χ4n) is 1.94. The molecule has 0 radical (unpaired) electrons. The molecule has 2 aromatic rings. The Morgan fingerprint density at radius 3 is 2.78 bits per heavy atom. The van der Waals surface area contributed by atoms with Gasteiger partial charge in [-0.1, -0.05) is 24.3 Å². The number of rotatable bonds is 4. The molecule has 0 aliphatic heterocycles. The summed E-state index contributed by atoms with van der Waals surface area (Å²) in [6.45, 7) is 4.23. The van der Waals surface area contributed by atoms with Crippen molar-refractivity contribution in [3.8, 4) is 5.69 Å². The number of nitrogens with zero attached hydrogens (tertiary/aromatic N) is 2. The van der Waals surface area contributed by atoms with Crippen LogP contribution in [0.4, 0.5) is 0 Å². The first-order chi connectivity index (χ1) is 8.70. The molecule has 1 aromatic heterocycles. The SMILES string of the molecule is Cc1cc(C)n(-c2cccc(C=CCCO)c2)n1. The summed E-state index contributed by atoms with van der Waals surface area (Å²) in [6.07, 6.45) is 4.68. The zero-order valence-corrected chi connectivity index (χ0v) is 10.8. The van der Waals surface area contributed by atoms with E-state index >= 15 is 0 Å². The predicted molar refractivity (Wildman–Crippen MR) is 73.8 cm³/mol. The van der Waals surface area contributed by atoms with E-state index in [0.29, 0.717) is 6.42 Å². The van der Waals surface area contributed by atoms with Crippen LogP contribution < -0.4 is 0 Å².